The molecule has 3 heterocycles. The van der Waals surface area contributed by atoms with Crippen molar-refractivity contribution in [2.24, 2.45) is 0 Å². The van der Waals surface area contributed by atoms with Crippen molar-refractivity contribution in [2.45, 2.75) is 71.1 Å². The van der Waals surface area contributed by atoms with Crippen LogP contribution in [0.5, 0.6) is 0 Å². The first kappa shape index (κ1) is 28.4. The lowest BCUT2D eigenvalue weighted by Crippen LogP contribution is -2.42. The molecule has 0 bridgehead atoms. The van der Waals surface area contributed by atoms with Gasteiger partial charge in [-0.1, -0.05) is 6.07 Å². The number of amides is 1. The average Bonchev–Trinajstić information content (AvgIpc) is 2.83. The Bertz CT molecular complexity index is 1370. The molecule has 39 heavy (non-hydrogen) atoms. The Kier molecular flexibility index (Phi) is 7.62. The number of carbonyl (C=O) groups is 1. The summed E-state index contributed by atoms with van der Waals surface area (Å²) in [4.78, 5) is 21.4. The quantitative estimate of drug-likeness (QED) is 0.280. The van der Waals surface area contributed by atoms with Gasteiger partial charge in [-0.15, -0.1) is 0 Å². The van der Waals surface area contributed by atoms with Crippen molar-refractivity contribution in [3.8, 4) is 0 Å². The van der Waals surface area contributed by atoms with Crippen LogP contribution in [0.25, 0.3) is 0 Å². The molecule has 1 aromatic carbocycles. The van der Waals surface area contributed by atoms with Crippen molar-refractivity contribution in [3.05, 3.63) is 71.2 Å². The van der Waals surface area contributed by atoms with Crippen LogP contribution < -0.4 is 21.3 Å². The fourth-order valence-corrected chi connectivity index (χ4v) is 4.54. The van der Waals surface area contributed by atoms with Crippen molar-refractivity contribution >= 4 is 28.8 Å². The normalized spacial score (nSPS) is 15.0. The summed E-state index contributed by atoms with van der Waals surface area (Å²) in [5.74, 6) is 0.136. The second-order valence-corrected chi connectivity index (χ2v) is 11.2. The van der Waals surface area contributed by atoms with Gasteiger partial charge < -0.3 is 21.3 Å². The summed E-state index contributed by atoms with van der Waals surface area (Å²) >= 11 is 0. The molecule has 0 saturated heterocycles. The largest absolute Gasteiger partial charge is 0.399 e. The molecule has 0 saturated carbocycles. The number of anilines is 4. The first-order valence-corrected chi connectivity index (χ1v) is 12.9. The maximum atomic E-state index is 13.6. The highest BCUT2D eigenvalue weighted by molar-refractivity contribution is 6.00. The van der Waals surface area contributed by atoms with Crippen LogP contribution in [0, 0.1) is 0 Å². The van der Waals surface area contributed by atoms with Crippen LogP contribution in [0.3, 0.4) is 0 Å². The van der Waals surface area contributed by atoms with Crippen LogP contribution >= 0.6 is 0 Å². The number of carbonyl (C=O) groups excluding carboxylic acids is 1. The van der Waals surface area contributed by atoms with Crippen LogP contribution in [0.1, 0.15) is 68.7 Å². The molecule has 3 aromatic rings. The van der Waals surface area contributed by atoms with E-state index < -0.39 is 11.6 Å². The van der Waals surface area contributed by atoms with E-state index >= 15 is 0 Å². The molecule has 0 atom stereocenters. The summed E-state index contributed by atoms with van der Waals surface area (Å²) in [5, 5.41) is 12.8. The highest BCUT2D eigenvalue weighted by Crippen LogP contribution is 2.40. The van der Waals surface area contributed by atoms with Gasteiger partial charge in [0.15, 0.2) is 0 Å². The number of pyridine rings is 2. The molecule has 10 heteroatoms. The predicted octanol–water partition coefficient (Wildman–Crippen LogP) is 6.32. The lowest BCUT2D eigenvalue weighted by molar-refractivity contribution is -0.181. The Morgan fingerprint density at radius 3 is 2.44 bits per heavy atom. The number of halogens is 3. The van der Waals surface area contributed by atoms with E-state index in [2.05, 4.69) is 57.2 Å². The number of hydrogen-bond donors (Lipinski definition) is 4. The molecule has 7 nitrogen and oxygen atoms in total. The van der Waals surface area contributed by atoms with Crippen molar-refractivity contribution in [1.82, 2.24) is 20.6 Å². The number of aromatic nitrogens is 2. The van der Waals surface area contributed by atoms with Gasteiger partial charge in [0, 0.05) is 41.4 Å². The first-order chi connectivity index (χ1) is 18.2. The number of nitrogens with one attached hydrogen (secondary N) is 4. The molecule has 1 amide bonds. The van der Waals surface area contributed by atoms with E-state index in [9.17, 15) is 18.0 Å². The smallest absolute Gasteiger partial charge is 0.355 e. The van der Waals surface area contributed by atoms with Gasteiger partial charge in [0.25, 0.3) is 5.91 Å². The zero-order valence-corrected chi connectivity index (χ0v) is 23.0. The van der Waals surface area contributed by atoms with E-state index in [0.717, 1.165) is 32.5 Å². The van der Waals surface area contributed by atoms with E-state index in [0.29, 0.717) is 17.2 Å². The van der Waals surface area contributed by atoms with Crippen LogP contribution in [0.15, 0.2) is 48.8 Å². The molecule has 1 aliphatic rings. The zero-order chi connectivity index (χ0) is 28.6. The van der Waals surface area contributed by atoms with Gasteiger partial charge in [0.2, 0.25) is 0 Å². The Hall–Kier alpha value is -3.66. The van der Waals surface area contributed by atoms with Gasteiger partial charge in [-0.2, -0.15) is 13.2 Å². The predicted molar refractivity (Wildman–Crippen MR) is 148 cm³/mol. The fourth-order valence-electron chi connectivity index (χ4n) is 4.54. The minimum absolute atomic E-state index is 0.113. The summed E-state index contributed by atoms with van der Waals surface area (Å²) in [6, 6.07) is 10.6. The van der Waals surface area contributed by atoms with Crippen LogP contribution in [0.4, 0.5) is 36.1 Å². The van der Waals surface area contributed by atoms with Gasteiger partial charge in [-0.3, -0.25) is 9.78 Å². The number of nitrogens with zero attached hydrogens (tertiary/aromatic N) is 2. The van der Waals surface area contributed by atoms with Gasteiger partial charge in [-0.05, 0) is 89.9 Å². The Balaban J connectivity index is 1.67. The molecule has 208 valence electrons. The van der Waals surface area contributed by atoms with E-state index in [-0.39, 0.29) is 28.7 Å². The molecule has 0 spiro atoms. The van der Waals surface area contributed by atoms with Crippen LogP contribution in [-0.4, -0.2) is 34.6 Å². The summed E-state index contributed by atoms with van der Waals surface area (Å²) < 4.78 is 40.9. The topological polar surface area (TPSA) is 91.0 Å². The minimum Gasteiger partial charge on any atom is -0.355 e. The maximum absolute atomic E-state index is 13.6. The third kappa shape index (κ3) is 6.16. The molecular weight excluding hydrogens is 505 g/mol. The van der Waals surface area contributed by atoms with Crippen molar-refractivity contribution < 1.29 is 18.0 Å². The Labute approximate surface area is 227 Å². The molecule has 4 N–H and O–H groups in total. The van der Waals surface area contributed by atoms with Gasteiger partial charge in [-0.25, -0.2) is 4.98 Å². The average molecular weight is 541 g/mol. The molecule has 0 radical (unpaired) electrons. The monoisotopic (exact) mass is 540 g/mol. The van der Waals surface area contributed by atoms with Gasteiger partial charge in [0.05, 0.1) is 16.9 Å². The van der Waals surface area contributed by atoms with Crippen LogP contribution in [0.2, 0.25) is 0 Å². The van der Waals surface area contributed by atoms with Crippen molar-refractivity contribution in [3.63, 3.8) is 0 Å². The van der Waals surface area contributed by atoms with E-state index in [4.69, 9.17) is 0 Å². The lowest BCUT2D eigenvalue weighted by Gasteiger charge is -2.34. The highest BCUT2D eigenvalue weighted by Gasteiger charge is 2.49. The van der Waals surface area contributed by atoms with Gasteiger partial charge in [0.1, 0.15) is 11.2 Å². The number of rotatable bonds is 7. The molecule has 0 aliphatic carbocycles. The summed E-state index contributed by atoms with van der Waals surface area (Å²) in [5.41, 5.74) is 1.97. The van der Waals surface area contributed by atoms with Crippen molar-refractivity contribution in [1.29, 1.82) is 0 Å². The first-order valence-electron chi connectivity index (χ1n) is 12.9. The summed E-state index contributed by atoms with van der Waals surface area (Å²) in [6.07, 6.45) is -0.797. The fraction of sp³-hybridized carbons (Fsp3) is 0.414. The third-order valence-corrected chi connectivity index (χ3v) is 6.97. The number of benzene rings is 1. The van der Waals surface area contributed by atoms with Gasteiger partial charge >= 0.3 is 6.18 Å². The second kappa shape index (κ2) is 10.5. The number of alkyl halides is 3. The summed E-state index contributed by atoms with van der Waals surface area (Å²) in [7, 11) is 0. The van der Waals surface area contributed by atoms with E-state index in [1.165, 1.54) is 29.6 Å². The second-order valence-electron chi connectivity index (χ2n) is 11.2. The molecular formula is C29H35F3N6O. The maximum Gasteiger partial charge on any atom is 0.399 e. The molecule has 0 fully saturated rings. The molecule has 0 unspecified atom stereocenters. The summed E-state index contributed by atoms with van der Waals surface area (Å²) in [6.45, 7) is 11.0. The Morgan fingerprint density at radius 1 is 1.03 bits per heavy atom. The minimum atomic E-state index is -4.48. The zero-order valence-electron chi connectivity index (χ0n) is 23.0. The standard InChI is InChI=1S/C29H35F3N6O/c1-17(2)36-26(39)21-16-34-25(38-19-7-8-22-18(13-19)9-12-35-28(22,5)6)15-23(21)37-20-10-11-33-24(14-20)27(3,4)29(30,31)32/h7-8,10-11,13-17,35H,9,12H2,1-6H3,(H,36,39)(H2,33,34,37,38). The third-order valence-electron chi connectivity index (χ3n) is 6.97. The highest BCUT2D eigenvalue weighted by atomic mass is 19.4. The number of fused-ring (bicyclic) bond motifs is 1. The molecule has 1 aliphatic heterocycles. The van der Waals surface area contributed by atoms with Crippen LogP contribution in [-0.2, 0) is 17.4 Å². The van der Waals surface area contributed by atoms with E-state index in [1.54, 1.807) is 12.1 Å². The van der Waals surface area contributed by atoms with Crippen molar-refractivity contribution in [2.75, 3.05) is 17.2 Å². The molecule has 4 rings (SSSR count). The SMILES string of the molecule is CC(C)NC(=O)c1cnc(Nc2ccc3c(c2)CCNC3(C)C)cc1Nc1ccnc(C(C)(C)C(F)(F)F)c1. The van der Waals surface area contributed by atoms with E-state index in [1.807, 2.05) is 19.9 Å². The molecule has 2 aromatic heterocycles. The Morgan fingerprint density at radius 2 is 1.74 bits per heavy atom. The number of hydrogen-bond acceptors (Lipinski definition) is 6. The lowest BCUT2D eigenvalue weighted by atomic mass is 9.85.